The molecule has 3 aliphatic rings. The summed E-state index contributed by atoms with van der Waals surface area (Å²) in [7, 11) is 1.95. The van der Waals surface area contributed by atoms with Crippen molar-refractivity contribution >= 4 is 11.5 Å². The van der Waals surface area contributed by atoms with Gasteiger partial charge in [0.1, 0.15) is 0 Å². The molecule has 0 bridgehead atoms. The van der Waals surface area contributed by atoms with Gasteiger partial charge in [-0.25, -0.2) is 0 Å². The largest absolute Gasteiger partial charge is 0.396 e. The summed E-state index contributed by atoms with van der Waals surface area (Å²) < 4.78 is 1.89. The first-order valence-electron chi connectivity index (χ1n) is 12.1. The molecule has 5 atom stereocenters. The Balaban J connectivity index is 1.41. The fraction of sp³-hybridized carbons (Fsp3) is 0.481. The molecule has 0 radical (unpaired) electrons. The van der Waals surface area contributed by atoms with Crippen molar-refractivity contribution in [3.63, 3.8) is 0 Å². The van der Waals surface area contributed by atoms with Crippen LogP contribution in [-0.4, -0.2) is 40.2 Å². The van der Waals surface area contributed by atoms with E-state index >= 15 is 0 Å². The van der Waals surface area contributed by atoms with Crippen molar-refractivity contribution in [1.29, 1.82) is 0 Å². The molecule has 1 amide bonds. The van der Waals surface area contributed by atoms with Crippen LogP contribution in [0.5, 0.6) is 0 Å². The molecule has 2 N–H and O–H groups in total. The lowest BCUT2D eigenvalue weighted by molar-refractivity contribution is -0.127. The summed E-state index contributed by atoms with van der Waals surface area (Å²) in [5, 5.41) is 13.4. The maximum Gasteiger partial charge on any atom is 0.258 e. The molecular weight excluding hydrogens is 414 g/mol. The number of nitrogens with one attached hydrogen (secondary N) is 1. The van der Waals surface area contributed by atoms with E-state index in [0.29, 0.717) is 6.54 Å². The van der Waals surface area contributed by atoms with Crippen molar-refractivity contribution in [2.75, 3.05) is 13.7 Å². The second-order valence-corrected chi connectivity index (χ2v) is 9.77. The number of carbonyl (C=O) groups is 1. The van der Waals surface area contributed by atoms with E-state index in [1.807, 2.05) is 54.9 Å². The Kier molecular flexibility index (Phi) is 5.97. The summed E-state index contributed by atoms with van der Waals surface area (Å²) in [5.74, 6) is -0.258. The number of rotatable bonds is 5. The summed E-state index contributed by atoms with van der Waals surface area (Å²) in [6.07, 6.45) is 6.53. The van der Waals surface area contributed by atoms with Crippen LogP contribution in [0.3, 0.4) is 0 Å². The van der Waals surface area contributed by atoms with Crippen molar-refractivity contribution in [2.45, 2.75) is 57.3 Å². The van der Waals surface area contributed by atoms with Gasteiger partial charge in [-0.1, -0.05) is 36.4 Å². The molecule has 33 heavy (non-hydrogen) atoms. The first kappa shape index (κ1) is 22.1. The number of nitrogens with zero attached hydrogens (tertiary/aromatic N) is 2. The number of aliphatic hydroxyl groups excluding tert-OH is 1. The van der Waals surface area contributed by atoms with Gasteiger partial charge in [0.2, 0.25) is 5.91 Å². The maximum atomic E-state index is 13.4. The topological polar surface area (TPSA) is 74.6 Å². The summed E-state index contributed by atoms with van der Waals surface area (Å²) in [5.41, 5.74) is 4.05. The van der Waals surface area contributed by atoms with Gasteiger partial charge in [-0.05, 0) is 62.9 Å². The van der Waals surface area contributed by atoms with Crippen molar-refractivity contribution in [3.8, 4) is 0 Å². The average Bonchev–Trinajstić information content (AvgIpc) is 3.35. The predicted octanol–water partition coefficient (Wildman–Crippen LogP) is 3.28. The second-order valence-electron chi connectivity index (χ2n) is 9.77. The first-order valence-corrected chi connectivity index (χ1v) is 12.1. The fourth-order valence-electron chi connectivity index (χ4n) is 6.22. The lowest BCUT2D eigenvalue weighted by atomic mass is 9.88. The van der Waals surface area contributed by atoms with Crippen LogP contribution < -0.4 is 10.9 Å². The Morgan fingerprint density at radius 3 is 2.67 bits per heavy atom. The van der Waals surface area contributed by atoms with Gasteiger partial charge in [0, 0.05) is 36.2 Å². The van der Waals surface area contributed by atoms with E-state index < -0.39 is 6.04 Å². The molecule has 2 aliphatic heterocycles. The van der Waals surface area contributed by atoms with Crippen LogP contribution >= 0.6 is 0 Å². The first-order chi connectivity index (χ1) is 16.0. The zero-order valence-electron chi connectivity index (χ0n) is 19.4. The number of likely N-dealkylation sites (tertiary alicyclic amines) is 1. The van der Waals surface area contributed by atoms with E-state index in [-0.39, 0.29) is 42.0 Å². The number of allylic oxidation sites excluding steroid dienone is 2. The van der Waals surface area contributed by atoms with E-state index in [1.165, 1.54) is 6.42 Å². The standard InChI is InChI=1S/C27H33N3O3/c1-17(18-9-5-3-6-10-18)28-26(32)25-22(16-31)21-15-30-23(24(21)29(25)2)14-13-20(27(30)33)19-11-7-4-8-12-19/h3,5-6,9-11,13-14,17,21-22,24-25,31H,4,7-8,12,15-16H2,1-2H3,(H,28,32)/t17-,21-,22-,24+,25-/m0/s1. The lowest BCUT2D eigenvalue weighted by Gasteiger charge is -2.28. The molecule has 5 rings (SSSR count). The summed E-state index contributed by atoms with van der Waals surface area (Å²) in [6.45, 7) is 2.45. The molecule has 3 heterocycles. The highest BCUT2D eigenvalue weighted by atomic mass is 16.3. The second kappa shape index (κ2) is 8.92. The van der Waals surface area contributed by atoms with Gasteiger partial charge in [0.05, 0.1) is 18.1 Å². The maximum absolute atomic E-state index is 13.4. The molecule has 0 saturated carbocycles. The molecule has 1 fully saturated rings. The predicted molar refractivity (Wildman–Crippen MR) is 129 cm³/mol. The van der Waals surface area contributed by atoms with Crippen molar-refractivity contribution < 1.29 is 9.90 Å². The molecule has 2 aromatic rings. The molecule has 1 aromatic heterocycles. The van der Waals surface area contributed by atoms with Gasteiger partial charge < -0.3 is 15.0 Å². The zero-order chi connectivity index (χ0) is 23.1. The molecular formula is C27H33N3O3. The van der Waals surface area contributed by atoms with Crippen LogP contribution in [0.1, 0.15) is 61.5 Å². The number of aromatic nitrogens is 1. The molecule has 0 spiro atoms. The minimum atomic E-state index is -0.430. The van der Waals surface area contributed by atoms with E-state index in [1.54, 1.807) is 0 Å². The van der Waals surface area contributed by atoms with E-state index in [9.17, 15) is 14.7 Å². The van der Waals surface area contributed by atoms with Gasteiger partial charge in [-0.2, -0.15) is 0 Å². The van der Waals surface area contributed by atoms with E-state index in [4.69, 9.17) is 0 Å². The van der Waals surface area contributed by atoms with Crippen LogP contribution in [0.2, 0.25) is 0 Å². The van der Waals surface area contributed by atoms with Crippen molar-refractivity contribution in [2.24, 2.45) is 11.8 Å². The summed E-state index contributed by atoms with van der Waals surface area (Å²) in [4.78, 5) is 28.8. The Bertz CT molecular complexity index is 1120. The highest BCUT2D eigenvalue weighted by Crippen LogP contribution is 2.48. The monoisotopic (exact) mass is 447 g/mol. The van der Waals surface area contributed by atoms with Gasteiger partial charge in [-0.15, -0.1) is 0 Å². The highest BCUT2D eigenvalue weighted by molar-refractivity contribution is 5.83. The van der Waals surface area contributed by atoms with E-state index in [0.717, 1.165) is 41.7 Å². The van der Waals surface area contributed by atoms with Gasteiger partial charge in [0.25, 0.3) is 5.56 Å². The summed E-state index contributed by atoms with van der Waals surface area (Å²) >= 11 is 0. The third-order valence-corrected chi connectivity index (χ3v) is 7.92. The number of likely N-dealkylation sites (N-methyl/N-ethyl adjacent to an activating group) is 1. The number of amides is 1. The highest BCUT2D eigenvalue weighted by Gasteiger charge is 2.54. The van der Waals surface area contributed by atoms with Gasteiger partial charge in [0.15, 0.2) is 0 Å². The SMILES string of the molecule is C[C@H](NC(=O)[C@@H]1[C@@H](CO)[C@@H]2Cn3c(ccc(C4=CCCCC4)c3=O)[C@@H]2N1C)c1ccccc1. The van der Waals surface area contributed by atoms with Crippen molar-refractivity contribution in [3.05, 3.63) is 75.7 Å². The van der Waals surface area contributed by atoms with E-state index in [2.05, 4.69) is 22.4 Å². The van der Waals surface area contributed by atoms with Crippen LogP contribution in [0.15, 0.2) is 53.3 Å². The molecule has 0 unspecified atom stereocenters. The fourth-order valence-corrected chi connectivity index (χ4v) is 6.22. The number of carbonyl (C=O) groups excluding carboxylic acids is 1. The van der Waals surface area contributed by atoms with Gasteiger partial charge in [-0.3, -0.25) is 14.5 Å². The van der Waals surface area contributed by atoms with Crippen LogP contribution in [-0.2, 0) is 11.3 Å². The normalized spacial score (nSPS) is 27.5. The Morgan fingerprint density at radius 2 is 1.97 bits per heavy atom. The molecule has 6 heteroatoms. The minimum absolute atomic E-state index is 0.0334. The zero-order valence-corrected chi connectivity index (χ0v) is 19.4. The number of aliphatic hydroxyl groups is 1. The third-order valence-electron chi connectivity index (χ3n) is 7.92. The molecule has 6 nitrogen and oxygen atoms in total. The lowest BCUT2D eigenvalue weighted by Crippen LogP contribution is -2.47. The molecule has 1 aromatic carbocycles. The number of pyridine rings is 1. The quantitative estimate of drug-likeness (QED) is 0.738. The minimum Gasteiger partial charge on any atom is -0.396 e. The number of fused-ring (bicyclic) bond motifs is 3. The van der Waals surface area contributed by atoms with Crippen LogP contribution in [0.4, 0.5) is 0 Å². The number of hydrogen-bond acceptors (Lipinski definition) is 4. The van der Waals surface area contributed by atoms with Gasteiger partial charge >= 0.3 is 0 Å². The average molecular weight is 448 g/mol. The third kappa shape index (κ3) is 3.75. The number of benzene rings is 1. The molecule has 174 valence electrons. The Hall–Kier alpha value is -2.70. The Labute approximate surface area is 194 Å². The van der Waals surface area contributed by atoms with Crippen molar-refractivity contribution in [1.82, 2.24) is 14.8 Å². The molecule has 1 aliphatic carbocycles. The summed E-state index contributed by atoms with van der Waals surface area (Å²) in [6, 6.07) is 13.3. The van der Waals surface area contributed by atoms with Crippen LogP contribution in [0, 0.1) is 11.8 Å². The Morgan fingerprint density at radius 1 is 1.18 bits per heavy atom. The number of hydrogen-bond donors (Lipinski definition) is 2. The smallest absolute Gasteiger partial charge is 0.258 e. The van der Waals surface area contributed by atoms with Crippen LogP contribution in [0.25, 0.3) is 5.57 Å². The molecule has 1 saturated heterocycles.